The zero-order valence-corrected chi connectivity index (χ0v) is 9.37. The van der Waals surface area contributed by atoms with Crippen LogP contribution < -0.4 is 0 Å². The predicted octanol–water partition coefficient (Wildman–Crippen LogP) is 4.32. The van der Waals surface area contributed by atoms with Crippen molar-refractivity contribution < 1.29 is 6.65 Å². The Kier molecular flexibility index (Phi) is 0.103. The molecule has 0 aliphatic carbocycles. The summed E-state index contributed by atoms with van der Waals surface area (Å²) in [5.41, 5.74) is 0. The third kappa shape index (κ3) is 0.0330. The van der Waals surface area contributed by atoms with Crippen molar-refractivity contribution in [1.82, 2.24) is 0 Å². The Morgan fingerprint density at radius 2 is 1.43 bits per heavy atom. The minimum atomic E-state index is -2.80. The zero-order chi connectivity index (χ0) is 8.43. The van der Waals surface area contributed by atoms with E-state index in [-0.39, 0.29) is 0 Å². The van der Waals surface area contributed by atoms with Crippen molar-refractivity contribution in [2.45, 2.75) is 53.7 Å². The summed E-state index contributed by atoms with van der Waals surface area (Å²) < 4.78 is 14.8. The van der Waals surface area contributed by atoms with Gasteiger partial charge in [-0.3, -0.25) is 0 Å². The summed E-state index contributed by atoms with van der Waals surface area (Å²) in [6, 6.07) is 0. The van der Waals surface area contributed by atoms with E-state index in [1.54, 1.807) is 0 Å². The molecule has 0 nitrogen and oxygen atoms in total. The second kappa shape index (κ2) is 0.310. The molecule has 72 valence electrons. The van der Waals surface area contributed by atoms with Crippen LogP contribution >= 0.6 is 0 Å². The van der Waals surface area contributed by atoms with Crippen LogP contribution in [0.2, 0.25) is 47.3 Å². The number of hydrogen-bond acceptors (Lipinski definition) is 0. The van der Waals surface area contributed by atoms with Crippen molar-refractivity contribution in [2.24, 2.45) is 0 Å². The Labute approximate surface area is 73.2 Å². The predicted molar refractivity (Wildman–Crippen MR) is 51.3 cm³/mol. The van der Waals surface area contributed by atoms with Gasteiger partial charge in [-0.15, -0.1) is 0 Å². The monoisotopic (exact) mass is 222 g/mol. The van der Waals surface area contributed by atoms with Gasteiger partial charge < -0.3 is 0 Å². The number of allylic oxidation sites excluding steroid dienone is 1. The molecule has 10 heterocycles. The second-order valence-corrected chi connectivity index (χ2v) is 38.8. The zero-order valence-electron chi connectivity index (χ0n) is 8.10. The summed E-state index contributed by atoms with van der Waals surface area (Å²) >= 11 is 0. The van der Waals surface area contributed by atoms with Crippen LogP contribution in [0.4, 0.5) is 0 Å². The van der Waals surface area contributed by atoms with Gasteiger partial charge in [0, 0.05) is 0 Å². The van der Waals surface area contributed by atoms with E-state index in [9.17, 15) is 0 Å². The van der Waals surface area contributed by atoms with E-state index >= 15 is 0 Å². The molecule has 10 aliphatic heterocycles. The van der Waals surface area contributed by atoms with Crippen molar-refractivity contribution in [3.05, 3.63) is 12.7 Å². The van der Waals surface area contributed by atoms with Crippen molar-refractivity contribution in [3.63, 3.8) is 0 Å². The average molecular weight is 222 g/mol. The Hall–Kier alpha value is 0.272. The first-order chi connectivity index (χ1) is 6.61. The van der Waals surface area contributed by atoms with Gasteiger partial charge in [-0.05, 0) is 0 Å². The van der Waals surface area contributed by atoms with Gasteiger partial charge in [0.15, 0.2) is 0 Å². The molecule has 0 amide bonds. The van der Waals surface area contributed by atoms with Crippen molar-refractivity contribution in [3.8, 4) is 0 Å². The van der Waals surface area contributed by atoms with Crippen LogP contribution in [0.3, 0.4) is 0 Å². The number of rotatable bonds is 2. The molecule has 10 fully saturated rings. The van der Waals surface area contributed by atoms with Crippen LogP contribution in [0.5, 0.6) is 0 Å². The molecule has 4 atom stereocenters. The third-order valence-electron chi connectivity index (χ3n) is 17.6. The molecule has 0 aromatic heterocycles. The van der Waals surface area contributed by atoms with Gasteiger partial charge in [-0.1, -0.05) is 0 Å². The van der Waals surface area contributed by atoms with Gasteiger partial charge in [-0.2, -0.15) is 0 Å². The van der Waals surface area contributed by atoms with Crippen molar-refractivity contribution >= 4 is 0 Å². The van der Waals surface area contributed by atoms with Crippen molar-refractivity contribution in [1.29, 1.82) is 0 Å². The van der Waals surface area contributed by atoms with Gasteiger partial charge in [0.05, 0.1) is 0 Å². The van der Waals surface area contributed by atoms with Crippen LogP contribution in [0.15, 0.2) is 12.7 Å². The van der Waals surface area contributed by atoms with Gasteiger partial charge in [-0.25, -0.2) is 0 Å². The molecule has 14 heavy (non-hydrogen) atoms. The molecule has 1 heteroatoms. The van der Waals surface area contributed by atoms with E-state index in [1.165, 1.54) is 49.4 Å². The third-order valence-corrected chi connectivity index (χ3v) is 67.2. The van der Waals surface area contributed by atoms with E-state index in [0.717, 1.165) is 4.28 Å². The van der Waals surface area contributed by atoms with Crippen LogP contribution in [0.25, 0.3) is 0 Å². The first-order valence-electron chi connectivity index (χ1n) is 6.74. The molecule has 1 spiro atoms. The molecule has 0 saturated carbocycles. The summed E-state index contributed by atoms with van der Waals surface area (Å²) in [5, 5.41) is 0. The molecule has 4 unspecified atom stereocenters. The van der Waals surface area contributed by atoms with E-state index in [0.29, 0.717) is 0 Å². The maximum atomic E-state index is 4.09. The number of hydrogen-bond donors (Lipinski definition) is 0. The summed E-state index contributed by atoms with van der Waals surface area (Å²) in [6.45, 7) is 1.30. The van der Waals surface area contributed by atoms with Crippen LogP contribution in [-0.2, 0) is 6.65 Å². The SMILES string of the molecule is C=CC[C]12[CH]3[CH]4[CH]5[CH]1[Cr]45321678[CH]2[CH]1[CH]6[CH]7[CH]28. The van der Waals surface area contributed by atoms with Gasteiger partial charge in [0.25, 0.3) is 0 Å². The maximum absolute atomic E-state index is 4.09. The second-order valence-electron chi connectivity index (χ2n) is 11.5. The number of fused-ring (bicyclic) bond motifs is 10. The Morgan fingerprint density at radius 1 is 0.929 bits per heavy atom. The van der Waals surface area contributed by atoms with Gasteiger partial charge in [0.1, 0.15) is 0 Å². The molecule has 0 bridgehead atoms. The molecule has 0 N–H and O–H groups in total. The molecular formula is C13H14Cr. The topological polar surface area (TPSA) is 0 Å². The summed E-state index contributed by atoms with van der Waals surface area (Å²) in [4.78, 5) is 0. The van der Waals surface area contributed by atoms with E-state index < -0.39 is 6.65 Å². The van der Waals surface area contributed by atoms with Gasteiger partial charge in [0.2, 0.25) is 0 Å². The Bertz CT molecular complexity index is 810. The fourth-order valence-electron chi connectivity index (χ4n) is 20.3. The average Bonchev–Trinajstić information content (AvgIpc) is 3.14. The molecular weight excluding hydrogens is 208 g/mol. The Balaban J connectivity index is 1.89. The molecule has 0 aromatic rings. The first-order valence-corrected chi connectivity index (χ1v) is 14.0. The fraction of sp³-hybridized carbons (Fsp3) is 0.846. The summed E-state index contributed by atoms with van der Waals surface area (Å²) in [5.74, 6) is 0. The molecule has 10 aliphatic rings. The molecule has 0 radical (unpaired) electrons. The van der Waals surface area contributed by atoms with Crippen LogP contribution in [0.1, 0.15) is 6.42 Å². The first kappa shape index (κ1) is 4.64. The Morgan fingerprint density at radius 3 is 1.64 bits per heavy atom. The van der Waals surface area contributed by atoms with Crippen LogP contribution in [0, 0.1) is 0 Å². The van der Waals surface area contributed by atoms with Crippen molar-refractivity contribution in [2.75, 3.05) is 0 Å². The molecule has 10 saturated heterocycles. The summed E-state index contributed by atoms with van der Waals surface area (Å²) in [7, 11) is 0. The summed E-state index contributed by atoms with van der Waals surface area (Å²) in [6.07, 6.45) is 3.86. The van der Waals surface area contributed by atoms with Crippen LogP contribution in [-0.4, -0.2) is 0 Å². The van der Waals surface area contributed by atoms with Gasteiger partial charge >= 0.3 is 73.0 Å². The minimum absolute atomic E-state index is 1.14. The van der Waals surface area contributed by atoms with E-state index in [4.69, 9.17) is 0 Å². The van der Waals surface area contributed by atoms with E-state index in [2.05, 4.69) is 12.7 Å². The van der Waals surface area contributed by atoms with E-state index in [1.807, 2.05) is 0 Å². The quantitative estimate of drug-likeness (QED) is 0.610. The standard InChI is InChI=1S/C8H9.C5H5.Cr/c1-2-5-8-6-3-4-7-8;1-2-4-5-3-1;/h2-4,6-7H,1,5H2;1-5H;. The normalized spacial score (nSPS) is 142. The molecule has 10 rings (SSSR count). The fourth-order valence-corrected chi connectivity index (χ4v) is 112. The molecule has 0 aromatic carbocycles.